The highest BCUT2D eigenvalue weighted by molar-refractivity contribution is 6.03. The minimum Gasteiger partial charge on any atom is -0.493 e. The molecule has 3 rings (SSSR count). The van der Waals surface area contributed by atoms with Crippen molar-refractivity contribution in [1.82, 2.24) is 5.32 Å². The number of hydrogen-bond acceptors (Lipinski definition) is 3. The Balaban J connectivity index is 1.79. The largest absolute Gasteiger partial charge is 0.493 e. The third-order valence-electron chi connectivity index (χ3n) is 4.31. The Hall–Kier alpha value is -2.04. The standard InChI is InChI=1S/C15H17NO4/c17-13(15(14(18)19)7-3-8-15)16-11-6-9-20-12-5-2-1-4-10(11)12/h1-2,4-5,11H,3,6-9H2,(H,16,17)(H,18,19). The number of carboxylic acids is 1. The number of para-hydroxylation sites is 1. The van der Waals surface area contributed by atoms with Crippen molar-refractivity contribution in [3.8, 4) is 5.75 Å². The van der Waals surface area contributed by atoms with E-state index in [9.17, 15) is 14.7 Å². The average Bonchev–Trinajstić information content (AvgIpc) is 2.37. The lowest BCUT2D eigenvalue weighted by atomic mass is 9.68. The Bertz CT molecular complexity index is 551. The molecule has 5 heteroatoms. The zero-order valence-electron chi connectivity index (χ0n) is 11.1. The van der Waals surface area contributed by atoms with Crippen LogP contribution in [0.1, 0.15) is 37.3 Å². The summed E-state index contributed by atoms with van der Waals surface area (Å²) in [4.78, 5) is 23.7. The summed E-state index contributed by atoms with van der Waals surface area (Å²) in [6, 6.07) is 7.39. The van der Waals surface area contributed by atoms with E-state index in [1.54, 1.807) is 0 Å². The number of hydrogen-bond donors (Lipinski definition) is 2. The van der Waals surface area contributed by atoms with Gasteiger partial charge in [-0.3, -0.25) is 9.59 Å². The van der Waals surface area contributed by atoms with Crippen LogP contribution in [0.3, 0.4) is 0 Å². The highest BCUT2D eigenvalue weighted by atomic mass is 16.5. The normalized spacial score (nSPS) is 22.9. The Morgan fingerprint density at radius 1 is 1.30 bits per heavy atom. The molecule has 1 aromatic rings. The molecule has 0 saturated heterocycles. The number of aliphatic carboxylic acids is 1. The maximum absolute atomic E-state index is 12.3. The summed E-state index contributed by atoms with van der Waals surface area (Å²) in [7, 11) is 0. The van der Waals surface area contributed by atoms with Crippen LogP contribution in [0.5, 0.6) is 5.75 Å². The summed E-state index contributed by atoms with van der Waals surface area (Å²) in [5.41, 5.74) is -0.292. The summed E-state index contributed by atoms with van der Waals surface area (Å²) in [5.74, 6) is -0.610. The number of carbonyl (C=O) groups excluding carboxylic acids is 1. The Kier molecular flexibility index (Phi) is 3.12. The van der Waals surface area contributed by atoms with E-state index in [1.165, 1.54) is 0 Å². The van der Waals surface area contributed by atoms with Crippen LogP contribution in [0.25, 0.3) is 0 Å². The van der Waals surface area contributed by atoms with Crippen LogP contribution in [0, 0.1) is 5.41 Å². The van der Waals surface area contributed by atoms with Crippen molar-refractivity contribution >= 4 is 11.9 Å². The highest BCUT2D eigenvalue weighted by Gasteiger charge is 2.51. The summed E-state index contributed by atoms with van der Waals surface area (Å²) in [5, 5.41) is 12.2. The van der Waals surface area contributed by atoms with Gasteiger partial charge in [0.2, 0.25) is 5.91 Å². The third-order valence-corrected chi connectivity index (χ3v) is 4.31. The fraction of sp³-hybridized carbons (Fsp3) is 0.467. The van der Waals surface area contributed by atoms with Gasteiger partial charge < -0.3 is 15.2 Å². The molecular formula is C15H17NO4. The number of amides is 1. The van der Waals surface area contributed by atoms with Crippen LogP contribution in [-0.2, 0) is 9.59 Å². The fourth-order valence-electron chi connectivity index (χ4n) is 2.86. The van der Waals surface area contributed by atoms with E-state index in [0.29, 0.717) is 25.9 Å². The van der Waals surface area contributed by atoms with E-state index in [0.717, 1.165) is 17.7 Å². The zero-order valence-corrected chi connectivity index (χ0v) is 11.1. The molecule has 1 fully saturated rings. The number of carbonyl (C=O) groups is 2. The van der Waals surface area contributed by atoms with Gasteiger partial charge in [0, 0.05) is 12.0 Å². The lowest BCUT2D eigenvalue weighted by Gasteiger charge is -2.38. The van der Waals surface area contributed by atoms with Gasteiger partial charge in [-0.1, -0.05) is 24.6 Å². The van der Waals surface area contributed by atoms with Gasteiger partial charge >= 0.3 is 5.97 Å². The van der Waals surface area contributed by atoms with Crippen LogP contribution in [0.2, 0.25) is 0 Å². The molecule has 1 unspecified atom stereocenters. The van der Waals surface area contributed by atoms with Crippen LogP contribution in [-0.4, -0.2) is 23.6 Å². The van der Waals surface area contributed by atoms with Gasteiger partial charge in [0.05, 0.1) is 12.6 Å². The van der Waals surface area contributed by atoms with E-state index in [-0.39, 0.29) is 11.9 Å². The van der Waals surface area contributed by atoms with E-state index in [1.807, 2.05) is 24.3 Å². The number of rotatable bonds is 3. The first-order chi connectivity index (χ1) is 9.63. The molecule has 1 atom stereocenters. The maximum Gasteiger partial charge on any atom is 0.319 e. The van der Waals surface area contributed by atoms with Crippen molar-refractivity contribution in [2.24, 2.45) is 5.41 Å². The van der Waals surface area contributed by atoms with Gasteiger partial charge in [0.25, 0.3) is 0 Å². The molecule has 106 valence electrons. The van der Waals surface area contributed by atoms with Gasteiger partial charge in [0.1, 0.15) is 11.2 Å². The topological polar surface area (TPSA) is 75.6 Å². The minimum atomic E-state index is -1.22. The summed E-state index contributed by atoms with van der Waals surface area (Å²) in [6.07, 6.45) is 2.32. The number of fused-ring (bicyclic) bond motifs is 1. The molecule has 1 amide bonds. The van der Waals surface area contributed by atoms with Gasteiger partial charge in [-0.2, -0.15) is 0 Å². The molecule has 0 radical (unpaired) electrons. The van der Waals surface area contributed by atoms with E-state index >= 15 is 0 Å². The van der Waals surface area contributed by atoms with Crippen molar-refractivity contribution in [1.29, 1.82) is 0 Å². The molecule has 20 heavy (non-hydrogen) atoms. The van der Waals surface area contributed by atoms with Crippen LogP contribution < -0.4 is 10.1 Å². The Labute approximate surface area is 116 Å². The average molecular weight is 275 g/mol. The summed E-state index contributed by atoms with van der Waals surface area (Å²) >= 11 is 0. The quantitative estimate of drug-likeness (QED) is 0.826. The van der Waals surface area contributed by atoms with Crippen molar-refractivity contribution < 1.29 is 19.4 Å². The van der Waals surface area contributed by atoms with Gasteiger partial charge in [-0.25, -0.2) is 0 Å². The van der Waals surface area contributed by atoms with Crippen LogP contribution in [0.15, 0.2) is 24.3 Å². The van der Waals surface area contributed by atoms with Crippen molar-refractivity contribution in [2.45, 2.75) is 31.7 Å². The number of benzene rings is 1. The second-order valence-electron chi connectivity index (χ2n) is 5.44. The van der Waals surface area contributed by atoms with Crippen molar-refractivity contribution in [3.05, 3.63) is 29.8 Å². The molecule has 2 aliphatic rings. The smallest absolute Gasteiger partial charge is 0.319 e. The molecule has 1 heterocycles. The molecular weight excluding hydrogens is 258 g/mol. The van der Waals surface area contributed by atoms with Gasteiger partial charge in [0.15, 0.2) is 0 Å². The van der Waals surface area contributed by atoms with Gasteiger partial charge in [-0.05, 0) is 18.9 Å². The first-order valence-electron chi connectivity index (χ1n) is 6.89. The molecule has 1 aliphatic carbocycles. The lowest BCUT2D eigenvalue weighted by Crippen LogP contribution is -2.52. The number of nitrogens with one attached hydrogen (secondary N) is 1. The van der Waals surface area contributed by atoms with E-state index in [4.69, 9.17) is 4.74 Å². The predicted molar refractivity (Wildman–Crippen MR) is 71.4 cm³/mol. The zero-order chi connectivity index (χ0) is 14.2. The number of ether oxygens (including phenoxy) is 1. The maximum atomic E-state index is 12.3. The monoisotopic (exact) mass is 275 g/mol. The Morgan fingerprint density at radius 2 is 2.05 bits per heavy atom. The van der Waals surface area contributed by atoms with E-state index < -0.39 is 11.4 Å². The molecule has 5 nitrogen and oxygen atoms in total. The molecule has 0 bridgehead atoms. The van der Waals surface area contributed by atoms with Crippen molar-refractivity contribution in [2.75, 3.05) is 6.61 Å². The molecule has 1 aromatic carbocycles. The second kappa shape index (κ2) is 4.81. The second-order valence-corrected chi connectivity index (χ2v) is 5.44. The third kappa shape index (κ3) is 1.94. The molecule has 1 saturated carbocycles. The molecule has 1 aliphatic heterocycles. The first-order valence-corrected chi connectivity index (χ1v) is 6.89. The molecule has 0 spiro atoms. The predicted octanol–water partition coefficient (Wildman–Crippen LogP) is 1.88. The van der Waals surface area contributed by atoms with Crippen LogP contribution in [0.4, 0.5) is 0 Å². The van der Waals surface area contributed by atoms with Gasteiger partial charge in [-0.15, -0.1) is 0 Å². The fourth-order valence-corrected chi connectivity index (χ4v) is 2.86. The first kappa shape index (κ1) is 13.0. The summed E-state index contributed by atoms with van der Waals surface area (Å²) in [6.45, 7) is 0.530. The molecule has 0 aromatic heterocycles. The summed E-state index contributed by atoms with van der Waals surface area (Å²) < 4.78 is 5.54. The SMILES string of the molecule is O=C(O)C1(C(=O)NC2CCOc3ccccc32)CCC1. The Morgan fingerprint density at radius 3 is 2.70 bits per heavy atom. The van der Waals surface area contributed by atoms with Crippen LogP contribution >= 0.6 is 0 Å². The number of carboxylic acid groups (broad SMARTS) is 1. The highest BCUT2D eigenvalue weighted by Crippen LogP contribution is 2.42. The van der Waals surface area contributed by atoms with Crippen molar-refractivity contribution in [3.63, 3.8) is 0 Å². The minimum absolute atomic E-state index is 0.163. The molecule has 2 N–H and O–H groups in total. The van der Waals surface area contributed by atoms with E-state index in [2.05, 4.69) is 5.32 Å². The lowest BCUT2D eigenvalue weighted by molar-refractivity contribution is -0.162.